The highest BCUT2D eigenvalue weighted by Gasteiger charge is 2.08. The molecule has 0 saturated heterocycles. The first-order valence-electron chi connectivity index (χ1n) is 7.57. The number of aromatic nitrogens is 1. The van der Waals surface area contributed by atoms with Crippen LogP contribution < -0.4 is 0 Å². The van der Waals surface area contributed by atoms with E-state index in [1.165, 1.54) is 21.8 Å². The van der Waals surface area contributed by atoms with Crippen LogP contribution in [0.5, 0.6) is 0 Å². The molecule has 2 aromatic carbocycles. The molecule has 106 valence electrons. The molecular weight excluding hydrogens is 254 g/mol. The molecule has 0 spiro atoms. The third kappa shape index (κ3) is 2.64. The van der Waals surface area contributed by atoms with E-state index in [-0.39, 0.29) is 0 Å². The second-order valence-electron chi connectivity index (χ2n) is 5.51. The molecule has 1 heterocycles. The van der Waals surface area contributed by atoms with Gasteiger partial charge in [0.05, 0.1) is 0 Å². The van der Waals surface area contributed by atoms with Gasteiger partial charge in [-0.3, -0.25) is 0 Å². The maximum Gasteiger partial charge on any atom is 0.0491 e. The maximum atomic E-state index is 3.98. The van der Waals surface area contributed by atoms with Gasteiger partial charge >= 0.3 is 0 Å². The fourth-order valence-corrected chi connectivity index (χ4v) is 2.97. The van der Waals surface area contributed by atoms with Crippen molar-refractivity contribution in [3.8, 4) is 0 Å². The Morgan fingerprint density at radius 2 is 1.48 bits per heavy atom. The maximum absolute atomic E-state index is 3.98. The van der Waals surface area contributed by atoms with Crippen molar-refractivity contribution in [1.82, 2.24) is 4.57 Å². The molecule has 0 aliphatic carbocycles. The molecule has 0 atom stereocenters. The van der Waals surface area contributed by atoms with Crippen LogP contribution in [0.2, 0.25) is 0 Å². The number of rotatable bonds is 6. The molecule has 0 saturated carbocycles. The Morgan fingerprint density at radius 1 is 0.905 bits per heavy atom. The van der Waals surface area contributed by atoms with Gasteiger partial charge in [0.2, 0.25) is 0 Å². The van der Waals surface area contributed by atoms with Crippen LogP contribution in [0.3, 0.4) is 0 Å². The van der Waals surface area contributed by atoms with Crippen molar-refractivity contribution in [2.24, 2.45) is 0 Å². The largest absolute Gasteiger partial charge is 0.340 e. The summed E-state index contributed by atoms with van der Waals surface area (Å²) in [6, 6.07) is 17.4. The van der Waals surface area contributed by atoms with Crippen LogP contribution in [-0.4, -0.2) is 4.57 Å². The van der Waals surface area contributed by atoms with E-state index in [1.54, 1.807) is 0 Å². The molecular formula is C20H21N. The summed E-state index contributed by atoms with van der Waals surface area (Å²) in [6.45, 7) is 8.80. The molecule has 0 aliphatic rings. The first-order chi connectivity index (χ1) is 10.3. The van der Waals surface area contributed by atoms with E-state index < -0.39 is 0 Å². The highest BCUT2D eigenvalue weighted by atomic mass is 15.0. The van der Waals surface area contributed by atoms with E-state index in [1.807, 2.05) is 6.08 Å². The number of aryl methyl sites for hydroxylation is 1. The van der Waals surface area contributed by atoms with Crippen LogP contribution in [0.4, 0.5) is 0 Å². The summed E-state index contributed by atoms with van der Waals surface area (Å²) in [4.78, 5) is 0. The van der Waals surface area contributed by atoms with E-state index in [9.17, 15) is 0 Å². The molecule has 3 rings (SSSR count). The Balaban J connectivity index is 1.89. The molecule has 0 bridgehead atoms. The molecule has 0 radical (unpaired) electrons. The van der Waals surface area contributed by atoms with Gasteiger partial charge in [-0.2, -0.15) is 0 Å². The van der Waals surface area contributed by atoms with E-state index >= 15 is 0 Å². The molecule has 0 fully saturated rings. The monoisotopic (exact) mass is 275 g/mol. The number of nitrogens with zero attached hydrogens (tertiary/aromatic N) is 1. The average Bonchev–Trinajstić information content (AvgIpc) is 2.86. The number of hydrogen-bond acceptors (Lipinski definition) is 0. The van der Waals surface area contributed by atoms with Gasteiger partial charge < -0.3 is 4.57 Å². The minimum Gasteiger partial charge on any atom is -0.340 e. The summed E-state index contributed by atoms with van der Waals surface area (Å²) in [6.07, 6.45) is 5.22. The van der Waals surface area contributed by atoms with Crippen molar-refractivity contribution in [3.63, 3.8) is 0 Å². The van der Waals surface area contributed by atoms with Crippen LogP contribution in [0.25, 0.3) is 21.8 Å². The Hall–Kier alpha value is -2.28. The number of fused-ring (bicyclic) bond motifs is 3. The van der Waals surface area contributed by atoms with E-state index in [4.69, 9.17) is 0 Å². The first-order valence-corrected chi connectivity index (χ1v) is 7.57. The topological polar surface area (TPSA) is 4.93 Å². The third-order valence-corrected chi connectivity index (χ3v) is 4.10. The zero-order chi connectivity index (χ0) is 14.7. The molecule has 0 aliphatic heterocycles. The van der Waals surface area contributed by atoms with Gasteiger partial charge in [-0.1, -0.05) is 61.2 Å². The molecule has 1 heteroatoms. The van der Waals surface area contributed by atoms with Crippen molar-refractivity contribution in [3.05, 3.63) is 73.3 Å². The first kappa shape index (κ1) is 13.7. The second-order valence-corrected chi connectivity index (χ2v) is 5.51. The van der Waals surface area contributed by atoms with Crippen molar-refractivity contribution >= 4 is 21.8 Å². The van der Waals surface area contributed by atoms with Gasteiger partial charge in [-0.25, -0.2) is 0 Å². The van der Waals surface area contributed by atoms with Gasteiger partial charge in [-0.15, -0.1) is 0 Å². The summed E-state index contributed by atoms with van der Waals surface area (Å²) in [7, 11) is 0. The van der Waals surface area contributed by atoms with Crippen molar-refractivity contribution < 1.29 is 0 Å². The number of hydrogen-bond donors (Lipinski definition) is 0. The van der Waals surface area contributed by atoms with E-state index in [2.05, 4.69) is 66.3 Å². The van der Waals surface area contributed by atoms with Gasteiger partial charge in [0, 0.05) is 28.4 Å². The van der Waals surface area contributed by atoms with Gasteiger partial charge in [0.25, 0.3) is 0 Å². The number of allylic oxidation sites excluding steroid dienone is 2. The molecule has 0 amide bonds. The van der Waals surface area contributed by atoms with Crippen LogP contribution in [0, 0.1) is 0 Å². The standard InChI is InChI=1S/C20H21N/c1-3-16(2)10-8-9-15-21-19-13-6-4-11-17(19)18-12-5-7-14-20(18)21/h3-7,11-14H,1-2,8-10,15H2. The van der Waals surface area contributed by atoms with Crippen molar-refractivity contribution in [1.29, 1.82) is 0 Å². The predicted molar refractivity (Wildman–Crippen MR) is 92.6 cm³/mol. The lowest BCUT2D eigenvalue weighted by Crippen LogP contribution is -1.97. The fourth-order valence-electron chi connectivity index (χ4n) is 2.97. The Morgan fingerprint density at radius 3 is 2.05 bits per heavy atom. The quantitative estimate of drug-likeness (QED) is 0.401. The second kappa shape index (κ2) is 6.01. The normalized spacial score (nSPS) is 11.0. The Labute approximate surface area is 126 Å². The molecule has 3 aromatic rings. The van der Waals surface area contributed by atoms with Gasteiger partial charge in [0.1, 0.15) is 0 Å². The summed E-state index contributed by atoms with van der Waals surface area (Å²) in [5, 5.41) is 2.70. The van der Waals surface area contributed by atoms with Gasteiger partial charge in [0.15, 0.2) is 0 Å². The predicted octanol–water partition coefficient (Wildman–Crippen LogP) is 5.71. The summed E-state index contributed by atoms with van der Waals surface area (Å²) in [5.41, 5.74) is 3.81. The lowest BCUT2D eigenvalue weighted by atomic mass is 10.1. The van der Waals surface area contributed by atoms with Crippen LogP contribution in [0.1, 0.15) is 19.3 Å². The average molecular weight is 275 g/mol. The molecule has 1 aromatic heterocycles. The van der Waals surface area contributed by atoms with E-state index in [0.717, 1.165) is 31.4 Å². The Kier molecular flexibility index (Phi) is 3.92. The highest BCUT2D eigenvalue weighted by Crippen LogP contribution is 2.29. The summed E-state index contributed by atoms with van der Waals surface area (Å²) < 4.78 is 2.45. The third-order valence-electron chi connectivity index (χ3n) is 4.10. The lowest BCUT2D eigenvalue weighted by Gasteiger charge is -2.07. The van der Waals surface area contributed by atoms with Crippen molar-refractivity contribution in [2.45, 2.75) is 25.8 Å². The SMILES string of the molecule is C=CC(=C)CCCCn1c2ccccc2c2ccccc21. The van der Waals surface area contributed by atoms with Crippen molar-refractivity contribution in [2.75, 3.05) is 0 Å². The Bertz CT molecular complexity index is 739. The minimum atomic E-state index is 1.04. The lowest BCUT2D eigenvalue weighted by molar-refractivity contribution is 0.638. The zero-order valence-electron chi connectivity index (χ0n) is 12.4. The van der Waals surface area contributed by atoms with Gasteiger partial charge in [-0.05, 0) is 31.4 Å². The molecule has 0 unspecified atom stereocenters. The smallest absolute Gasteiger partial charge is 0.0491 e. The minimum absolute atomic E-state index is 1.04. The number of unbranched alkanes of at least 4 members (excludes halogenated alkanes) is 1. The van der Waals surface area contributed by atoms with E-state index in [0.29, 0.717) is 0 Å². The van der Waals surface area contributed by atoms with Crippen LogP contribution in [0.15, 0.2) is 73.3 Å². The summed E-state index contributed by atoms with van der Waals surface area (Å²) in [5.74, 6) is 0. The summed E-state index contributed by atoms with van der Waals surface area (Å²) >= 11 is 0. The zero-order valence-corrected chi connectivity index (χ0v) is 12.4. The van der Waals surface area contributed by atoms with Crippen LogP contribution in [-0.2, 0) is 6.54 Å². The highest BCUT2D eigenvalue weighted by molar-refractivity contribution is 6.07. The number of para-hydroxylation sites is 2. The molecule has 1 nitrogen and oxygen atoms in total. The van der Waals surface area contributed by atoms with Crippen LogP contribution >= 0.6 is 0 Å². The molecule has 21 heavy (non-hydrogen) atoms. The fraction of sp³-hybridized carbons (Fsp3) is 0.200. The molecule has 0 N–H and O–H groups in total. The number of benzene rings is 2.